The Morgan fingerprint density at radius 3 is 2.60 bits per heavy atom. The third kappa shape index (κ3) is 7.01. The molecule has 2 rings (SSSR count). The summed E-state index contributed by atoms with van der Waals surface area (Å²) in [6.45, 7) is 0.554. The SMILES string of the molecule is O=C(O)C[C@@H](NCc1cccnc1)C(=O)OCCOc1ccccc1. The van der Waals surface area contributed by atoms with E-state index in [-0.39, 0.29) is 19.6 Å². The first-order valence-corrected chi connectivity index (χ1v) is 7.83. The van der Waals surface area contributed by atoms with E-state index in [4.69, 9.17) is 14.6 Å². The largest absolute Gasteiger partial charge is 0.490 e. The molecule has 0 aliphatic heterocycles. The van der Waals surface area contributed by atoms with Crippen LogP contribution in [0.2, 0.25) is 0 Å². The molecule has 0 aliphatic rings. The first-order chi connectivity index (χ1) is 12.1. The molecule has 0 spiro atoms. The average molecular weight is 344 g/mol. The molecule has 25 heavy (non-hydrogen) atoms. The zero-order valence-electron chi connectivity index (χ0n) is 13.6. The first-order valence-electron chi connectivity index (χ1n) is 7.83. The van der Waals surface area contributed by atoms with E-state index in [2.05, 4.69) is 10.3 Å². The van der Waals surface area contributed by atoms with Crippen LogP contribution in [0.25, 0.3) is 0 Å². The van der Waals surface area contributed by atoms with Gasteiger partial charge in [0.1, 0.15) is 25.0 Å². The monoisotopic (exact) mass is 344 g/mol. The molecular formula is C18H20N2O5. The number of aliphatic carboxylic acids is 1. The van der Waals surface area contributed by atoms with Crippen LogP contribution in [0, 0.1) is 0 Å². The van der Waals surface area contributed by atoms with Gasteiger partial charge in [-0.2, -0.15) is 0 Å². The number of carbonyl (C=O) groups is 2. The predicted molar refractivity (Wildman–Crippen MR) is 90.0 cm³/mol. The van der Waals surface area contributed by atoms with Crippen molar-refractivity contribution in [3.05, 3.63) is 60.4 Å². The molecule has 1 heterocycles. The van der Waals surface area contributed by atoms with Gasteiger partial charge in [-0.1, -0.05) is 24.3 Å². The molecule has 0 saturated heterocycles. The van der Waals surface area contributed by atoms with Crippen LogP contribution in [0.3, 0.4) is 0 Å². The molecule has 132 valence electrons. The number of carboxylic acids is 1. The van der Waals surface area contributed by atoms with Crippen molar-refractivity contribution in [1.82, 2.24) is 10.3 Å². The molecule has 0 saturated carbocycles. The molecule has 1 aromatic heterocycles. The van der Waals surface area contributed by atoms with Gasteiger partial charge < -0.3 is 14.6 Å². The number of esters is 1. The number of carbonyl (C=O) groups excluding carboxylic acids is 1. The van der Waals surface area contributed by atoms with E-state index in [0.29, 0.717) is 12.3 Å². The lowest BCUT2D eigenvalue weighted by atomic mass is 10.2. The van der Waals surface area contributed by atoms with Crippen molar-refractivity contribution in [3.63, 3.8) is 0 Å². The average Bonchev–Trinajstić information content (AvgIpc) is 2.63. The maximum absolute atomic E-state index is 12.1. The van der Waals surface area contributed by atoms with Gasteiger partial charge in [-0.3, -0.25) is 19.9 Å². The molecule has 7 nitrogen and oxygen atoms in total. The van der Waals surface area contributed by atoms with Gasteiger partial charge in [0.2, 0.25) is 0 Å². The summed E-state index contributed by atoms with van der Waals surface area (Å²) in [6, 6.07) is 11.8. The van der Waals surface area contributed by atoms with Crippen LogP contribution in [0.5, 0.6) is 5.75 Å². The number of hydrogen-bond donors (Lipinski definition) is 2. The van der Waals surface area contributed by atoms with Crippen LogP contribution >= 0.6 is 0 Å². The molecule has 0 radical (unpaired) electrons. The van der Waals surface area contributed by atoms with E-state index >= 15 is 0 Å². The summed E-state index contributed by atoms with van der Waals surface area (Å²) in [6.07, 6.45) is 2.92. The number of ether oxygens (including phenoxy) is 2. The maximum atomic E-state index is 12.1. The summed E-state index contributed by atoms with van der Waals surface area (Å²) in [5.41, 5.74) is 0.845. The highest BCUT2D eigenvalue weighted by Crippen LogP contribution is 2.08. The molecule has 0 aliphatic carbocycles. The number of pyridine rings is 1. The smallest absolute Gasteiger partial charge is 0.323 e. The van der Waals surface area contributed by atoms with Crippen LogP contribution in [-0.2, 0) is 20.9 Å². The van der Waals surface area contributed by atoms with E-state index in [1.54, 1.807) is 30.6 Å². The molecule has 2 aromatic rings. The third-order valence-corrected chi connectivity index (χ3v) is 3.28. The zero-order valence-corrected chi connectivity index (χ0v) is 13.6. The summed E-state index contributed by atoms with van der Waals surface area (Å²) >= 11 is 0. The maximum Gasteiger partial charge on any atom is 0.323 e. The van der Waals surface area contributed by atoms with Crippen LogP contribution < -0.4 is 10.1 Å². The number of rotatable bonds is 10. The Labute approximate surface area is 145 Å². The molecule has 2 N–H and O–H groups in total. The highest BCUT2D eigenvalue weighted by Gasteiger charge is 2.22. The Balaban J connectivity index is 1.77. The molecule has 1 aromatic carbocycles. The topological polar surface area (TPSA) is 97.8 Å². The van der Waals surface area contributed by atoms with E-state index in [0.717, 1.165) is 5.56 Å². The fourth-order valence-corrected chi connectivity index (χ4v) is 2.08. The molecule has 1 atom stereocenters. The van der Waals surface area contributed by atoms with Crippen molar-refractivity contribution < 1.29 is 24.2 Å². The van der Waals surface area contributed by atoms with Gasteiger partial charge in [0, 0.05) is 18.9 Å². The highest BCUT2D eigenvalue weighted by atomic mass is 16.6. The minimum absolute atomic E-state index is 0.0401. The van der Waals surface area contributed by atoms with Gasteiger partial charge in [-0.25, -0.2) is 0 Å². The summed E-state index contributed by atoms with van der Waals surface area (Å²) < 4.78 is 10.5. The van der Waals surface area contributed by atoms with Gasteiger partial charge >= 0.3 is 11.9 Å². The van der Waals surface area contributed by atoms with E-state index < -0.39 is 18.0 Å². The standard InChI is InChI=1S/C18H20N2O5/c21-17(22)11-16(20-13-14-5-4-8-19-12-14)18(23)25-10-9-24-15-6-2-1-3-7-15/h1-8,12,16,20H,9-11,13H2,(H,21,22)/t16-/m1/s1. The van der Waals surface area contributed by atoms with Crippen LogP contribution in [0.15, 0.2) is 54.9 Å². The number of nitrogens with zero attached hydrogens (tertiary/aromatic N) is 1. The fraction of sp³-hybridized carbons (Fsp3) is 0.278. The predicted octanol–water partition coefficient (Wildman–Crippen LogP) is 1.64. The second-order valence-corrected chi connectivity index (χ2v) is 5.22. The summed E-state index contributed by atoms with van der Waals surface area (Å²) in [5.74, 6) is -1.03. The van der Waals surface area contributed by atoms with Gasteiger partial charge in [0.15, 0.2) is 0 Å². The number of carboxylic acid groups (broad SMARTS) is 1. The summed E-state index contributed by atoms with van der Waals surface area (Å²) in [5, 5.41) is 11.9. The second-order valence-electron chi connectivity index (χ2n) is 5.22. The van der Waals surface area contributed by atoms with Crippen molar-refractivity contribution in [2.45, 2.75) is 19.0 Å². The molecular weight excluding hydrogens is 324 g/mol. The lowest BCUT2D eigenvalue weighted by molar-refractivity contribution is -0.151. The van der Waals surface area contributed by atoms with E-state index in [9.17, 15) is 9.59 Å². The van der Waals surface area contributed by atoms with Gasteiger partial charge in [0.05, 0.1) is 6.42 Å². The lowest BCUT2D eigenvalue weighted by Gasteiger charge is -2.16. The number of hydrogen-bond acceptors (Lipinski definition) is 6. The van der Waals surface area contributed by atoms with Gasteiger partial charge in [-0.05, 0) is 23.8 Å². The third-order valence-electron chi connectivity index (χ3n) is 3.28. The number of para-hydroxylation sites is 1. The quantitative estimate of drug-likeness (QED) is 0.499. The van der Waals surface area contributed by atoms with Crippen LogP contribution in [-0.4, -0.2) is 41.3 Å². The normalized spacial score (nSPS) is 11.5. The first kappa shape index (κ1) is 18.4. The zero-order chi connectivity index (χ0) is 17.9. The minimum atomic E-state index is -1.08. The van der Waals surface area contributed by atoms with Gasteiger partial charge in [-0.15, -0.1) is 0 Å². The summed E-state index contributed by atoms with van der Waals surface area (Å²) in [7, 11) is 0. The van der Waals surface area contributed by atoms with Crippen LogP contribution in [0.4, 0.5) is 0 Å². The fourth-order valence-electron chi connectivity index (χ4n) is 2.08. The Hall–Kier alpha value is -2.93. The molecule has 0 fully saturated rings. The Morgan fingerprint density at radius 2 is 1.92 bits per heavy atom. The molecule has 7 heteroatoms. The number of aromatic nitrogens is 1. The lowest BCUT2D eigenvalue weighted by Crippen LogP contribution is -2.40. The van der Waals surface area contributed by atoms with Crippen molar-refractivity contribution >= 4 is 11.9 Å². The minimum Gasteiger partial charge on any atom is -0.490 e. The van der Waals surface area contributed by atoms with Crippen molar-refractivity contribution in [3.8, 4) is 5.75 Å². The second kappa shape index (κ2) is 10.0. The van der Waals surface area contributed by atoms with Gasteiger partial charge in [0.25, 0.3) is 0 Å². The Bertz CT molecular complexity index is 664. The van der Waals surface area contributed by atoms with Crippen molar-refractivity contribution in [2.75, 3.05) is 13.2 Å². The molecule has 0 unspecified atom stereocenters. The Morgan fingerprint density at radius 1 is 1.12 bits per heavy atom. The van der Waals surface area contributed by atoms with E-state index in [1.165, 1.54) is 0 Å². The number of nitrogens with one attached hydrogen (secondary N) is 1. The van der Waals surface area contributed by atoms with Crippen molar-refractivity contribution in [2.24, 2.45) is 0 Å². The highest BCUT2D eigenvalue weighted by molar-refractivity contribution is 5.81. The van der Waals surface area contributed by atoms with Crippen molar-refractivity contribution in [1.29, 1.82) is 0 Å². The molecule has 0 bridgehead atoms. The summed E-state index contributed by atoms with van der Waals surface area (Å²) in [4.78, 5) is 27.0. The number of benzene rings is 1. The van der Waals surface area contributed by atoms with E-state index in [1.807, 2.05) is 24.3 Å². The molecule has 0 amide bonds. The Kier molecular flexibility index (Phi) is 7.40. The van der Waals surface area contributed by atoms with Crippen LogP contribution in [0.1, 0.15) is 12.0 Å².